The van der Waals surface area contributed by atoms with Crippen molar-refractivity contribution in [3.8, 4) is 0 Å². The van der Waals surface area contributed by atoms with Gasteiger partial charge >= 0.3 is 0 Å². The lowest BCUT2D eigenvalue weighted by Crippen LogP contribution is -2.50. The summed E-state index contributed by atoms with van der Waals surface area (Å²) in [6.07, 6.45) is 5.31. The molecule has 2 fully saturated rings. The number of rotatable bonds is 2. The second-order valence-corrected chi connectivity index (χ2v) is 8.75. The number of sulfonamides is 1. The molecular formula is C15H22N4O3S. The molecule has 2 saturated heterocycles. The predicted molar refractivity (Wildman–Crippen MR) is 84.6 cm³/mol. The molecule has 2 aliphatic heterocycles. The lowest BCUT2D eigenvalue weighted by atomic mass is 10.0. The molecule has 1 atom stereocenters. The van der Waals surface area contributed by atoms with Gasteiger partial charge in [-0.25, -0.2) is 8.42 Å². The van der Waals surface area contributed by atoms with Gasteiger partial charge in [0.05, 0.1) is 5.75 Å². The molecule has 3 aliphatic rings. The molecule has 1 N–H and O–H groups in total. The van der Waals surface area contributed by atoms with Crippen molar-refractivity contribution in [3.05, 3.63) is 17.0 Å². The van der Waals surface area contributed by atoms with E-state index >= 15 is 0 Å². The first-order valence-corrected chi connectivity index (χ1v) is 10.0. The summed E-state index contributed by atoms with van der Waals surface area (Å²) in [5.41, 5.74) is 2.69. The molecule has 0 spiro atoms. The van der Waals surface area contributed by atoms with Crippen LogP contribution >= 0.6 is 0 Å². The third-order valence-corrected chi connectivity index (χ3v) is 7.24. The van der Waals surface area contributed by atoms with Crippen LogP contribution in [0, 0.1) is 0 Å². The molecule has 1 aliphatic carbocycles. The monoisotopic (exact) mass is 338 g/mol. The van der Waals surface area contributed by atoms with Crippen molar-refractivity contribution in [2.75, 3.05) is 25.4 Å². The summed E-state index contributed by atoms with van der Waals surface area (Å²) in [7, 11) is -3.13. The Morgan fingerprint density at radius 2 is 2.04 bits per heavy atom. The SMILES string of the molecule is O=C(c1n[nH]c2c1CCC2)N1CCCC(N2CCCS2(=O)=O)C1. The fraction of sp³-hybridized carbons (Fsp3) is 0.733. The highest BCUT2D eigenvalue weighted by Crippen LogP contribution is 2.27. The quantitative estimate of drug-likeness (QED) is 0.853. The van der Waals surface area contributed by atoms with Crippen LogP contribution in [0.25, 0.3) is 0 Å². The van der Waals surface area contributed by atoms with E-state index in [4.69, 9.17) is 0 Å². The Morgan fingerprint density at radius 3 is 2.83 bits per heavy atom. The van der Waals surface area contributed by atoms with Crippen molar-refractivity contribution >= 4 is 15.9 Å². The molecule has 0 radical (unpaired) electrons. The molecule has 1 aromatic heterocycles. The minimum atomic E-state index is -3.13. The summed E-state index contributed by atoms with van der Waals surface area (Å²) in [6, 6.07) is -0.0767. The average Bonchev–Trinajstić information content (AvgIpc) is 3.21. The van der Waals surface area contributed by atoms with Gasteiger partial charge in [-0.05, 0) is 38.5 Å². The fourth-order valence-corrected chi connectivity index (χ4v) is 5.85. The Bertz CT molecular complexity index is 727. The number of piperidine rings is 1. The van der Waals surface area contributed by atoms with E-state index in [2.05, 4.69) is 10.2 Å². The number of carbonyl (C=O) groups is 1. The van der Waals surface area contributed by atoms with Gasteiger partial charge in [-0.1, -0.05) is 0 Å². The first kappa shape index (κ1) is 15.1. The van der Waals surface area contributed by atoms with Crippen molar-refractivity contribution in [2.45, 2.75) is 44.6 Å². The maximum absolute atomic E-state index is 12.8. The van der Waals surface area contributed by atoms with E-state index in [0.717, 1.165) is 43.4 Å². The Balaban J connectivity index is 1.52. The molecule has 8 heteroatoms. The molecule has 1 aromatic rings. The van der Waals surface area contributed by atoms with Gasteiger partial charge in [0, 0.05) is 36.9 Å². The average molecular weight is 338 g/mol. The van der Waals surface area contributed by atoms with Gasteiger partial charge in [-0.2, -0.15) is 9.40 Å². The Kier molecular flexibility index (Phi) is 3.68. The third kappa shape index (κ3) is 2.57. The number of nitrogens with one attached hydrogen (secondary N) is 1. The van der Waals surface area contributed by atoms with Crippen LogP contribution in [0.3, 0.4) is 0 Å². The molecule has 126 valence electrons. The van der Waals surface area contributed by atoms with Gasteiger partial charge in [0.1, 0.15) is 0 Å². The van der Waals surface area contributed by atoms with Crippen molar-refractivity contribution in [2.24, 2.45) is 0 Å². The molecule has 4 rings (SSSR count). The zero-order chi connectivity index (χ0) is 16.0. The molecule has 7 nitrogen and oxygen atoms in total. The van der Waals surface area contributed by atoms with E-state index in [0.29, 0.717) is 31.7 Å². The van der Waals surface area contributed by atoms with Crippen LogP contribution in [0.2, 0.25) is 0 Å². The number of aromatic nitrogens is 2. The largest absolute Gasteiger partial charge is 0.336 e. The number of hydrogen-bond donors (Lipinski definition) is 1. The first-order chi connectivity index (χ1) is 11.1. The van der Waals surface area contributed by atoms with Crippen LogP contribution < -0.4 is 0 Å². The smallest absolute Gasteiger partial charge is 0.274 e. The molecule has 0 bridgehead atoms. The van der Waals surface area contributed by atoms with E-state index < -0.39 is 10.0 Å². The zero-order valence-corrected chi connectivity index (χ0v) is 13.9. The summed E-state index contributed by atoms with van der Waals surface area (Å²) in [5.74, 6) is 0.190. The zero-order valence-electron chi connectivity index (χ0n) is 13.1. The Hall–Kier alpha value is -1.41. The molecule has 23 heavy (non-hydrogen) atoms. The van der Waals surface area contributed by atoms with Crippen LogP contribution in [0.5, 0.6) is 0 Å². The number of likely N-dealkylation sites (tertiary alicyclic amines) is 1. The number of carbonyl (C=O) groups excluding carboxylic acids is 1. The van der Waals surface area contributed by atoms with Crippen molar-refractivity contribution in [1.29, 1.82) is 0 Å². The molecule has 3 heterocycles. The number of amides is 1. The number of aromatic amines is 1. The van der Waals surface area contributed by atoms with Crippen LogP contribution in [0.1, 0.15) is 47.4 Å². The normalized spacial score (nSPS) is 27.3. The summed E-state index contributed by atoms with van der Waals surface area (Å²) in [6.45, 7) is 1.76. The van der Waals surface area contributed by atoms with Crippen LogP contribution in [0.4, 0.5) is 0 Å². The van der Waals surface area contributed by atoms with E-state index in [1.54, 1.807) is 9.21 Å². The number of aryl methyl sites for hydroxylation is 1. The van der Waals surface area contributed by atoms with Gasteiger partial charge < -0.3 is 4.90 Å². The Morgan fingerprint density at radius 1 is 1.17 bits per heavy atom. The molecular weight excluding hydrogens is 316 g/mol. The topological polar surface area (TPSA) is 86.4 Å². The van der Waals surface area contributed by atoms with Crippen molar-refractivity contribution in [3.63, 3.8) is 0 Å². The number of fused-ring (bicyclic) bond motifs is 1. The summed E-state index contributed by atoms with van der Waals surface area (Å²) in [4.78, 5) is 14.6. The van der Waals surface area contributed by atoms with Crippen molar-refractivity contribution in [1.82, 2.24) is 19.4 Å². The highest BCUT2D eigenvalue weighted by atomic mass is 32.2. The molecule has 1 unspecified atom stereocenters. The minimum Gasteiger partial charge on any atom is -0.336 e. The number of H-pyrrole nitrogens is 1. The predicted octanol–water partition coefficient (Wildman–Crippen LogP) is 0.539. The molecule has 0 aromatic carbocycles. The van der Waals surface area contributed by atoms with Gasteiger partial charge in [-0.15, -0.1) is 0 Å². The van der Waals surface area contributed by atoms with Gasteiger partial charge in [0.2, 0.25) is 10.0 Å². The van der Waals surface area contributed by atoms with E-state index in [1.165, 1.54) is 0 Å². The lowest BCUT2D eigenvalue weighted by molar-refractivity contribution is 0.0651. The molecule has 1 amide bonds. The summed E-state index contributed by atoms with van der Waals surface area (Å²) >= 11 is 0. The van der Waals surface area contributed by atoms with Crippen LogP contribution in [0.15, 0.2) is 0 Å². The standard InChI is InChI=1S/C15H22N4O3S/c20-15(14-12-5-1-6-13(12)16-17-14)18-7-2-4-11(10-18)19-8-3-9-23(19,21)22/h11H,1-10H2,(H,16,17). The summed E-state index contributed by atoms with van der Waals surface area (Å²) < 4.78 is 25.9. The second kappa shape index (κ2) is 5.59. The molecule has 0 saturated carbocycles. The Labute approximate surface area is 136 Å². The maximum atomic E-state index is 12.8. The van der Waals surface area contributed by atoms with Crippen LogP contribution in [-0.4, -0.2) is 65.2 Å². The highest BCUT2D eigenvalue weighted by Gasteiger charge is 2.38. The van der Waals surface area contributed by atoms with Gasteiger partial charge in [0.15, 0.2) is 5.69 Å². The number of hydrogen-bond acceptors (Lipinski definition) is 4. The highest BCUT2D eigenvalue weighted by molar-refractivity contribution is 7.89. The fourth-order valence-electron chi connectivity index (χ4n) is 4.09. The number of nitrogens with zero attached hydrogens (tertiary/aromatic N) is 3. The lowest BCUT2D eigenvalue weighted by Gasteiger charge is -2.36. The van der Waals surface area contributed by atoms with E-state index in [-0.39, 0.29) is 17.7 Å². The van der Waals surface area contributed by atoms with Crippen molar-refractivity contribution < 1.29 is 13.2 Å². The second-order valence-electron chi connectivity index (χ2n) is 6.71. The van der Waals surface area contributed by atoms with E-state index in [1.807, 2.05) is 0 Å². The third-order valence-electron chi connectivity index (χ3n) is 5.24. The summed E-state index contributed by atoms with van der Waals surface area (Å²) in [5, 5.41) is 7.20. The first-order valence-electron chi connectivity index (χ1n) is 8.41. The van der Waals surface area contributed by atoms with Gasteiger partial charge in [0.25, 0.3) is 5.91 Å². The van der Waals surface area contributed by atoms with Crippen LogP contribution in [-0.2, 0) is 22.9 Å². The minimum absolute atomic E-state index is 0.0503. The van der Waals surface area contributed by atoms with Gasteiger partial charge in [-0.3, -0.25) is 9.89 Å². The maximum Gasteiger partial charge on any atom is 0.274 e. The van der Waals surface area contributed by atoms with E-state index in [9.17, 15) is 13.2 Å².